The van der Waals surface area contributed by atoms with Gasteiger partial charge in [0.25, 0.3) is 0 Å². The number of rotatable bonds is 7. The van der Waals surface area contributed by atoms with E-state index in [1.807, 2.05) is 36.4 Å². The number of fused-ring (bicyclic) bond motifs is 4. The summed E-state index contributed by atoms with van der Waals surface area (Å²) >= 11 is 1.56. The number of thiazole rings is 1. The zero-order valence-corrected chi connectivity index (χ0v) is 20.7. The molecule has 3 aromatic carbocycles. The topological polar surface area (TPSA) is 119 Å². The van der Waals surface area contributed by atoms with Gasteiger partial charge in [-0.3, -0.25) is 4.79 Å². The van der Waals surface area contributed by atoms with Gasteiger partial charge in [0.15, 0.2) is 0 Å². The molecule has 1 atom stereocenters. The smallest absolute Gasteiger partial charge is 0.322 e. The van der Waals surface area contributed by atoms with Crippen LogP contribution in [-0.2, 0) is 14.8 Å². The third kappa shape index (κ3) is 4.13. The lowest BCUT2D eigenvalue weighted by Gasteiger charge is -2.17. The number of aromatic nitrogens is 1. The van der Waals surface area contributed by atoms with Gasteiger partial charge in [-0.25, -0.2) is 13.4 Å². The number of furan rings is 1. The fourth-order valence-corrected chi connectivity index (χ4v) is 6.31. The van der Waals surface area contributed by atoms with Crippen LogP contribution in [0.3, 0.4) is 0 Å². The Hall–Kier alpha value is -3.47. The van der Waals surface area contributed by atoms with E-state index in [9.17, 15) is 18.3 Å². The van der Waals surface area contributed by atoms with E-state index >= 15 is 0 Å². The normalized spacial score (nSPS) is 13.1. The number of carboxylic acid groups (broad SMARTS) is 1. The van der Waals surface area contributed by atoms with Gasteiger partial charge in [-0.2, -0.15) is 4.72 Å². The molecule has 0 aliphatic rings. The molecule has 0 bridgehead atoms. The Kier molecular flexibility index (Phi) is 5.74. The lowest BCUT2D eigenvalue weighted by Crippen LogP contribution is -2.44. The number of benzene rings is 3. The minimum atomic E-state index is -4.06. The molecule has 0 spiro atoms. The van der Waals surface area contributed by atoms with E-state index in [0.717, 1.165) is 31.6 Å². The average Bonchev–Trinajstić information content (AvgIpc) is 3.42. The summed E-state index contributed by atoms with van der Waals surface area (Å²) in [5.74, 6) is -0.934. The summed E-state index contributed by atoms with van der Waals surface area (Å²) in [7, 11) is -2.44. The van der Waals surface area contributed by atoms with E-state index in [2.05, 4.69) is 4.72 Å². The highest BCUT2D eigenvalue weighted by atomic mass is 32.2. The van der Waals surface area contributed by atoms with Crippen LogP contribution in [0.15, 0.2) is 63.9 Å². The van der Waals surface area contributed by atoms with Crippen molar-refractivity contribution in [1.82, 2.24) is 9.71 Å². The second-order valence-corrected chi connectivity index (χ2v) is 11.2. The molecular weight excluding hydrogens is 488 g/mol. The first-order valence-corrected chi connectivity index (χ1v) is 13.1. The second kappa shape index (κ2) is 8.63. The number of nitrogens with zero attached hydrogens (tertiary/aromatic N) is 1. The van der Waals surface area contributed by atoms with Crippen LogP contribution in [0.25, 0.3) is 42.7 Å². The molecule has 10 heteroatoms. The number of carboxylic acids is 1. The van der Waals surface area contributed by atoms with Crippen LogP contribution in [0, 0.1) is 5.92 Å². The summed E-state index contributed by atoms with van der Waals surface area (Å²) in [6.45, 7) is 3.28. The van der Waals surface area contributed by atoms with E-state index < -0.39 is 28.0 Å². The first kappa shape index (κ1) is 23.3. The minimum Gasteiger partial charge on any atom is -0.494 e. The van der Waals surface area contributed by atoms with Crippen molar-refractivity contribution in [3.63, 3.8) is 0 Å². The van der Waals surface area contributed by atoms with Crippen molar-refractivity contribution in [2.24, 2.45) is 5.92 Å². The number of methoxy groups -OCH3 is 1. The third-order valence-electron chi connectivity index (χ3n) is 5.82. The molecule has 0 saturated carbocycles. The van der Waals surface area contributed by atoms with Gasteiger partial charge in [0.1, 0.15) is 33.5 Å². The molecule has 0 aliphatic carbocycles. The van der Waals surface area contributed by atoms with E-state index in [-0.39, 0.29) is 4.90 Å². The zero-order chi connectivity index (χ0) is 24.9. The van der Waals surface area contributed by atoms with E-state index in [0.29, 0.717) is 16.9 Å². The molecule has 2 N–H and O–H groups in total. The van der Waals surface area contributed by atoms with Crippen molar-refractivity contribution < 1.29 is 27.5 Å². The molecule has 8 nitrogen and oxygen atoms in total. The second-order valence-electron chi connectivity index (χ2n) is 8.48. The Labute approximate surface area is 205 Å². The molecule has 0 unspecified atom stereocenters. The van der Waals surface area contributed by atoms with Gasteiger partial charge >= 0.3 is 5.97 Å². The number of aliphatic carboxylic acids is 1. The summed E-state index contributed by atoms with van der Waals surface area (Å²) < 4.78 is 40.3. The molecule has 5 rings (SSSR count). The fourth-order valence-electron chi connectivity index (χ4n) is 3.98. The molecule has 0 amide bonds. The molecule has 35 heavy (non-hydrogen) atoms. The Morgan fingerprint density at radius 3 is 2.60 bits per heavy atom. The molecule has 2 heterocycles. The molecule has 2 aromatic heterocycles. The molecule has 0 aliphatic heterocycles. The summed E-state index contributed by atoms with van der Waals surface area (Å²) in [5, 5.41) is 11.8. The summed E-state index contributed by atoms with van der Waals surface area (Å²) in [6, 6.07) is 14.8. The first-order valence-electron chi connectivity index (χ1n) is 10.8. The van der Waals surface area contributed by atoms with Gasteiger partial charge in [-0.05, 0) is 48.4 Å². The number of sulfonamides is 1. The lowest BCUT2D eigenvalue weighted by atomic mass is 10.1. The Morgan fingerprint density at radius 1 is 1.09 bits per heavy atom. The molecule has 180 valence electrons. The monoisotopic (exact) mass is 510 g/mol. The SMILES string of the molecule is COc1cccc2sc(-c3ccc4oc5cc(S(=O)(=O)N[C@H](C(=O)O)C(C)C)ccc5c4c3)nc12. The first-order chi connectivity index (χ1) is 16.7. The van der Waals surface area contributed by atoms with Gasteiger partial charge in [0.05, 0.1) is 16.7 Å². The number of hydrogen-bond donors (Lipinski definition) is 2. The van der Waals surface area contributed by atoms with Crippen LogP contribution >= 0.6 is 11.3 Å². The molecule has 5 aromatic rings. The predicted molar refractivity (Wildman–Crippen MR) is 135 cm³/mol. The van der Waals surface area contributed by atoms with E-state index in [4.69, 9.17) is 14.1 Å². The van der Waals surface area contributed by atoms with Gasteiger partial charge < -0.3 is 14.3 Å². The van der Waals surface area contributed by atoms with Gasteiger partial charge in [0.2, 0.25) is 10.0 Å². The maximum Gasteiger partial charge on any atom is 0.322 e. The van der Waals surface area contributed by atoms with Crippen LogP contribution in [0.1, 0.15) is 13.8 Å². The number of nitrogens with one attached hydrogen (secondary N) is 1. The summed E-state index contributed by atoms with van der Waals surface area (Å²) in [4.78, 5) is 16.2. The summed E-state index contributed by atoms with van der Waals surface area (Å²) in [5.41, 5.74) is 2.71. The quantitative estimate of drug-likeness (QED) is 0.307. The standard InChI is InChI=1S/C25H22N2O6S2/c1-13(2)22(25(28)29)27-35(30,31)15-8-9-16-17-11-14(7-10-18(17)33-20(16)12-15)24-26-23-19(32-3)5-4-6-21(23)34-24/h4-13,22,27H,1-3H3,(H,28,29)/t22-/m0/s1. The van der Waals surface area contributed by atoms with Gasteiger partial charge in [0, 0.05) is 22.4 Å². The highest BCUT2D eigenvalue weighted by molar-refractivity contribution is 7.89. The average molecular weight is 511 g/mol. The highest BCUT2D eigenvalue weighted by Crippen LogP contribution is 2.38. The number of hydrogen-bond acceptors (Lipinski definition) is 7. The zero-order valence-electron chi connectivity index (χ0n) is 19.1. The lowest BCUT2D eigenvalue weighted by molar-refractivity contribution is -0.140. The maximum atomic E-state index is 12.9. The molecule has 0 saturated heterocycles. The van der Waals surface area contributed by atoms with Crippen molar-refractivity contribution in [2.75, 3.05) is 7.11 Å². The van der Waals surface area contributed by atoms with Crippen LogP contribution in [0.5, 0.6) is 5.75 Å². The Balaban J connectivity index is 1.55. The van der Waals surface area contributed by atoms with Crippen molar-refractivity contribution in [3.05, 3.63) is 54.6 Å². The largest absolute Gasteiger partial charge is 0.494 e. The fraction of sp³-hybridized carbons (Fsp3) is 0.200. The number of carbonyl (C=O) groups is 1. The molecular formula is C25H22N2O6S2. The minimum absolute atomic E-state index is 0.0607. The van der Waals surface area contributed by atoms with Crippen LogP contribution in [0.2, 0.25) is 0 Å². The molecule has 0 fully saturated rings. The van der Waals surface area contributed by atoms with E-state index in [1.54, 1.807) is 38.4 Å². The van der Waals surface area contributed by atoms with Crippen LogP contribution in [-0.4, -0.2) is 37.6 Å². The Bertz CT molecular complexity index is 1700. The number of para-hydroxylation sites is 1. The predicted octanol–water partition coefficient (Wildman–Crippen LogP) is 5.26. The van der Waals surface area contributed by atoms with Crippen molar-refractivity contribution in [2.45, 2.75) is 24.8 Å². The molecule has 0 radical (unpaired) electrons. The van der Waals surface area contributed by atoms with Crippen LogP contribution in [0.4, 0.5) is 0 Å². The van der Waals surface area contributed by atoms with Crippen molar-refractivity contribution >= 4 is 59.5 Å². The van der Waals surface area contributed by atoms with Crippen LogP contribution < -0.4 is 9.46 Å². The Morgan fingerprint density at radius 2 is 1.89 bits per heavy atom. The van der Waals surface area contributed by atoms with Crippen molar-refractivity contribution in [3.8, 4) is 16.3 Å². The maximum absolute atomic E-state index is 12.9. The summed E-state index contributed by atoms with van der Waals surface area (Å²) in [6.07, 6.45) is 0. The van der Waals surface area contributed by atoms with Gasteiger partial charge in [-0.1, -0.05) is 19.9 Å². The van der Waals surface area contributed by atoms with Crippen molar-refractivity contribution in [1.29, 1.82) is 0 Å². The van der Waals surface area contributed by atoms with Gasteiger partial charge in [-0.15, -0.1) is 11.3 Å². The number of ether oxygens (including phenoxy) is 1. The third-order valence-corrected chi connectivity index (χ3v) is 8.33. The van der Waals surface area contributed by atoms with E-state index in [1.165, 1.54) is 12.1 Å². The highest BCUT2D eigenvalue weighted by Gasteiger charge is 2.28.